The second-order valence-corrected chi connectivity index (χ2v) is 8.84. The highest BCUT2D eigenvalue weighted by atomic mass is 32.1. The maximum Gasteiger partial charge on any atom is 0.318 e. The lowest BCUT2D eigenvalue weighted by Gasteiger charge is -2.38. The predicted molar refractivity (Wildman–Crippen MR) is 126 cm³/mol. The number of nitrogens with zero attached hydrogens (tertiary/aromatic N) is 2. The van der Waals surface area contributed by atoms with Gasteiger partial charge in [0.1, 0.15) is 13.2 Å². The summed E-state index contributed by atoms with van der Waals surface area (Å²) in [5.41, 5.74) is 1.12. The van der Waals surface area contributed by atoms with Crippen molar-refractivity contribution in [3.63, 3.8) is 0 Å². The van der Waals surface area contributed by atoms with Crippen LogP contribution in [0.25, 0.3) is 0 Å². The fraction of sp³-hybridized carbons (Fsp3) is 0.500. The Morgan fingerprint density at radius 1 is 1.25 bits per heavy atom. The number of carbonyl (C=O) groups excluding carboxylic acids is 2. The molecule has 3 amide bonds. The Bertz CT molecular complexity index is 916. The first kappa shape index (κ1) is 23.9. The van der Waals surface area contributed by atoms with Crippen molar-refractivity contribution in [2.45, 2.75) is 45.7 Å². The molecule has 2 atom stereocenters. The van der Waals surface area contributed by atoms with Crippen LogP contribution in [0.5, 0.6) is 11.5 Å². The SMILES string of the molecule is CCNC(=O)N(CC(=O)N1CCc2sccc2[C@@H]1COc1ccccc1OC)[C@@H](C)CC. The Morgan fingerprint density at radius 2 is 2.00 bits per heavy atom. The number of thiophene rings is 1. The summed E-state index contributed by atoms with van der Waals surface area (Å²) in [6, 6.07) is 9.13. The minimum absolute atomic E-state index is 0.0321. The first-order valence-corrected chi connectivity index (χ1v) is 12.0. The number of para-hydroxylation sites is 2. The van der Waals surface area contributed by atoms with Gasteiger partial charge in [-0.1, -0.05) is 19.1 Å². The molecule has 0 fully saturated rings. The summed E-state index contributed by atoms with van der Waals surface area (Å²) in [7, 11) is 1.61. The van der Waals surface area contributed by atoms with Crippen LogP contribution in [0, 0.1) is 0 Å². The van der Waals surface area contributed by atoms with Crippen LogP contribution in [-0.4, -0.2) is 61.1 Å². The highest BCUT2D eigenvalue weighted by molar-refractivity contribution is 7.10. The quantitative estimate of drug-likeness (QED) is 0.613. The van der Waals surface area contributed by atoms with Crippen molar-refractivity contribution >= 4 is 23.3 Å². The van der Waals surface area contributed by atoms with Crippen molar-refractivity contribution in [2.75, 3.05) is 33.4 Å². The summed E-state index contributed by atoms with van der Waals surface area (Å²) in [5.74, 6) is 1.24. The van der Waals surface area contributed by atoms with Crippen LogP contribution in [-0.2, 0) is 11.2 Å². The van der Waals surface area contributed by atoms with Gasteiger partial charge in [-0.15, -0.1) is 11.3 Å². The van der Waals surface area contributed by atoms with Crippen LogP contribution >= 0.6 is 11.3 Å². The number of hydrogen-bond acceptors (Lipinski definition) is 5. The van der Waals surface area contributed by atoms with E-state index in [0.29, 0.717) is 31.2 Å². The molecule has 0 spiro atoms. The van der Waals surface area contributed by atoms with Gasteiger partial charge in [-0.05, 0) is 55.8 Å². The monoisotopic (exact) mass is 459 g/mol. The number of benzene rings is 1. The van der Waals surface area contributed by atoms with Gasteiger partial charge in [0.2, 0.25) is 5.91 Å². The molecule has 0 bridgehead atoms. The maximum absolute atomic E-state index is 13.4. The number of carbonyl (C=O) groups is 2. The minimum Gasteiger partial charge on any atom is -0.493 e. The standard InChI is InChI=1S/C24H33N3O4S/c1-5-17(3)27(24(29)25-6-2)15-23(28)26-13-11-22-18(12-14-32-22)19(26)16-31-21-10-8-7-9-20(21)30-4/h7-10,12,14,17,19H,5-6,11,13,15-16H2,1-4H3,(H,25,29)/t17-,19-/m0/s1. The van der Waals surface area contributed by atoms with Gasteiger partial charge in [0, 0.05) is 24.0 Å². The van der Waals surface area contributed by atoms with Crippen molar-refractivity contribution in [1.82, 2.24) is 15.1 Å². The van der Waals surface area contributed by atoms with Gasteiger partial charge in [-0.25, -0.2) is 4.79 Å². The lowest BCUT2D eigenvalue weighted by Crippen LogP contribution is -2.52. The number of urea groups is 1. The van der Waals surface area contributed by atoms with Gasteiger partial charge in [0.05, 0.1) is 13.2 Å². The van der Waals surface area contributed by atoms with E-state index in [1.165, 1.54) is 4.88 Å². The Labute approximate surface area is 194 Å². The summed E-state index contributed by atoms with van der Waals surface area (Å²) < 4.78 is 11.5. The number of methoxy groups -OCH3 is 1. The zero-order chi connectivity index (χ0) is 23.1. The molecule has 0 aliphatic carbocycles. The van der Waals surface area contributed by atoms with E-state index in [-0.39, 0.29) is 30.6 Å². The van der Waals surface area contributed by atoms with E-state index in [1.54, 1.807) is 23.3 Å². The zero-order valence-corrected chi connectivity index (χ0v) is 20.1. The molecule has 8 heteroatoms. The van der Waals surface area contributed by atoms with Crippen LogP contribution in [0.1, 0.15) is 43.7 Å². The van der Waals surface area contributed by atoms with Crippen molar-refractivity contribution in [3.8, 4) is 11.5 Å². The molecule has 1 aromatic carbocycles. The van der Waals surface area contributed by atoms with Gasteiger partial charge in [0.15, 0.2) is 11.5 Å². The van der Waals surface area contributed by atoms with Crippen molar-refractivity contribution in [3.05, 3.63) is 46.2 Å². The highest BCUT2D eigenvalue weighted by Crippen LogP contribution is 2.35. The van der Waals surface area contributed by atoms with Crippen LogP contribution in [0.2, 0.25) is 0 Å². The molecule has 2 heterocycles. The molecule has 0 radical (unpaired) electrons. The topological polar surface area (TPSA) is 71.1 Å². The van der Waals surface area contributed by atoms with Crippen LogP contribution in [0.4, 0.5) is 4.79 Å². The van der Waals surface area contributed by atoms with E-state index in [2.05, 4.69) is 16.8 Å². The molecular weight excluding hydrogens is 426 g/mol. The number of amides is 3. The average molecular weight is 460 g/mol. The second-order valence-electron chi connectivity index (χ2n) is 7.83. The first-order chi connectivity index (χ1) is 15.5. The first-order valence-electron chi connectivity index (χ1n) is 11.2. The molecule has 0 saturated carbocycles. The van der Waals surface area contributed by atoms with Crippen molar-refractivity contribution in [2.24, 2.45) is 0 Å². The van der Waals surface area contributed by atoms with E-state index < -0.39 is 0 Å². The smallest absolute Gasteiger partial charge is 0.318 e. The summed E-state index contributed by atoms with van der Waals surface area (Å²) >= 11 is 1.71. The largest absolute Gasteiger partial charge is 0.493 e. The average Bonchev–Trinajstić information content (AvgIpc) is 3.29. The fourth-order valence-corrected chi connectivity index (χ4v) is 4.85. The summed E-state index contributed by atoms with van der Waals surface area (Å²) in [5, 5.41) is 4.89. The van der Waals surface area contributed by atoms with Crippen LogP contribution < -0.4 is 14.8 Å². The predicted octanol–water partition coefficient (Wildman–Crippen LogP) is 4.09. The Morgan fingerprint density at radius 3 is 2.69 bits per heavy atom. The second kappa shape index (κ2) is 11.2. The number of nitrogens with one attached hydrogen (secondary N) is 1. The van der Waals surface area contributed by atoms with Gasteiger partial charge in [-0.2, -0.15) is 0 Å². The maximum atomic E-state index is 13.4. The number of hydrogen-bond donors (Lipinski definition) is 1. The summed E-state index contributed by atoms with van der Waals surface area (Å²) in [4.78, 5) is 30.8. The molecule has 7 nitrogen and oxygen atoms in total. The number of ether oxygens (including phenoxy) is 2. The Balaban J connectivity index is 1.80. The van der Waals surface area contributed by atoms with Crippen molar-refractivity contribution < 1.29 is 19.1 Å². The molecule has 174 valence electrons. The zero-order valence-electron chi connectivity index (χ0n) is 19.3. The Kier molecular flexibility index (Phi) is 8.39. The lowest BCUT2D eigenvalue weighted by molar-refractivity contribution is -0.135. The molecule has 1 aliphatic heterocycles. The van der Waals surface area contributed by atoms with Gasteiger partial charge in [0.25, 0.3) is 0 Å². The molecule has 2 aromatic rings. The van der Waals surface area contributed by atoms with Gasteiger partial charge < -0.3 is 24.6 Å². The van der Waals surface area contributed by atoms with Crippen molar-refractivity contribution in [1.29, 1.82) is 0 Å². The molecule has 3 rings (SSSR count). The van der Waals surface area contributed by atoms with Gasteiger partial charge in [-0.3, -0.25) is 4.79 Å². The van der Waals surface area contributed by atoms with Crippen LogP contribution in [0.15, 0.2) is 35.7 Å². The minimum atomic E-state index is -0.213. The third kappa shape index (κ3) is 5.35. The van der Waals surface area contributed by atoms with Gasteiger partial charge >= 0.3 is 6.03 Å². The van der Waals surface area contributed by atoms with E-state index in [1.807, 2.05) is 49.9 Å². The molecule has 1 N–H and O–H groups in total. The number of rotatable bonds is 9. The van der Waals surface area contributed by atoms with E-state index in [4.69, 9.17) is 9.47 Å². The van der Waals surface area contributed by atoms with Crippen LogP contribution in [0.3, 0.4) is 0 Å². The molecule has 32 heavy (non-hydrogen) atoms. The summed E-state index contributed by atoms with van der Waals surface area (Å²) in [6.07, 6.45) is 1.59. The Hall–Kier alpha value is -2.74. The number of fused-ring (bicyclic) bond motifs is 1. The van der Waals surface area contributed by atoms with E-state index in [0.717, 1.165) is 18.4 Å². The third-order valence-electron chi connectivity index (χ3n) is 5.90. The van der Waals surface area contributed by atoms with E-state index in [9.17, 15) is 9.59 Å². The molecular formula is C24H33N3O4S. The lowest BCUT2D eigenvalue weighted by atomic mass is 10.00. The molecule has 0 saturated heterocycles. The molecule has 1 aromatic heterocycles. The normalized spacial score (nSPS) is 16.1. The summed E-state index contributed by atoms with van der Waals surface area (Å²) in [6.45, 7) is 7.36. The third-order valence-corrected chi connectivity index (χ3v) is 6.89. The molecule has 0 unspecified atom stereocenters. The molecule has 1 aliphatic rings. The fourth-order valence-electron chi connectivity index (χ4n) is 3.92. The van der Waals surface area contributed by atoms with E-state index >= 15 is 0 Å². The highest BCUT2D eigenvalue weighted by Gasteiger charge is 2.34.